The van der Waals surface area contributed by atoms with Crippen LogP contribution in [-0.4, -0.2) is 7.05 Å². The van der Waals surface area contributed by atoms with Crippen molar-refractivity contribution in [2.45, 2.75) is 19.9 Å². The van der Waals surface area contributed by atoms with Crippen LogP contribution < -0.4 is 5.32 Å². The van der Waals surface area contributed by atoms with Crippen molar-refractivity contribution in [3.63, 3.8) is 0 Å². The summed E-state index contributed by atoms with van der Waals surface area (Å²) in [6.07, 6.45) is 0. The summed E-state index contributed by atoms with van der Waals surface area (Å²) in [5, 5.41) is 3.15. The van der Waals surface area contributed by atoms with Crippen molar-refractivity contribution in [2.75, 3.05) is 7.05 Å². The standard InChI is InChI=1S/C16H16BrF2N/c1-9-6-12(7-10(2)15(9)19)16(20-3)11-4-5-13(17)14(18)8-11/h4-8,16,20H,1-3H3. The Bertz CT molecular complexity index is 617. The molecule has 0 aliphatic heterocycles. The van der Waals surface area contributed by atoms with Crippen LogP contribution in [0.5, 0.6) is 0 Å². The maximum atomic E-state index is 13.7. The van der Waals surface area contributed by atoms with Crippen LogP contribution in [0.1, 0.15) is 28.3 Å². The minimum Gasteiger partial charge on any atom is -0.309 e. The SMILES string of the molecule is CNC(c1cc(C)c(F)c(C)c1)c1ccc(Br)c(F)c1. The number of nitrogens with one attached hydrogen (secondary N) is 1. The summed E-state index contributed by atoms with van der Waals surface area (Å²) in [5.74, 6) is -0.496. The summed E-state index contributed by atoms with van der Waals surface area (Å²) in [7, 11) is 1.80. The molecule has 1 unspecified atom stereocenters. The van der Waals surface area contributed by atoms with Gasteiger partial charge in [-0.2, -0.15) is 0 Å². The van der Waals surface area contributed by atoms with Gasteiger partial charge in [-0.15, -0.1) is 0 Å². The maximum absolute atomic E-state index is 13.7. The molecule has 4 heteroatoms. The molecule has 2 aromatic carbocycles. The van der Waals surface area contributed by atoms with Crippen LogP contribution in [0.3, 0.4) is 0 Å². The number of hydrogen-bond acceptors (Lipinski definition) is 1. The normalized spacial score (nSPS) is 12.5. The fraction of sp³-hybridized carbons (Fsp3) is 0.250. The summed E-state index contributed by atoms with van der Waals surface area (Å²) in [4.78, 5) is 0. The Balaban J connectivity index is 2.49. The van der Waals surface area contributed by atoms with Gasteiger partial charge in [-0.1, -0.05) is 18.2 Å². The number of aryl methyl sites for hydroxylation is 2. The Hall–Kier alpha value is -1.26. The van der Waals surface area contributed by atoms with Gasteiger partial charge in [-0.05, 0) is 71.2 Å². The molecule has 0 saturated heterocycles. The third-order valence-electron chi connectivity index (χ3n) is 3.36. The van der Waals surface area contributed by atoms with E-state index in [1.54, 1.807) is 39.1 Å². The lowest BCUT2D eigenvalue weighted by molar-refractivity contribution is 0.600. The number of halogens is 3. The molecule has 0 bridgehead atoms. The third kappa shape index (κ3) is 2.91. The average Bonchev–Trinajstić information content (AvgIpc) is 2.41. The molecule has 0 heterocycles. The van der Waals surface area contributed by atoms with Crippen LogP contribution in [0.15, 0.2) is 34.8 Å². The van der Waals surface area contributed by atoms with Gasteiger partial charge in [0.25, 0.3) is 0 Å². The lowest BCUT2D eigenvalue weighted by Gasteiger charge is -2.19. The highest BCUT2D eigenvalue weighted by atomic mass is 79.9. The van der Waals surface area contributed by atoms with E-state index in [4.69, 9.17) is 0 Å². The molecule has 2 aromatic rings. The van der Waals surface area contributed by atoms with Crippen molar-refractivity contribution in [1.29, 1.82) is 0 Å². The van der Waals surface area contributed by atoms with Crippen molar-refractivity contribution in [3.05, 3.63) is 68.7 Å². The van der Waals surface area contributed by atoms with Crippen LogP contribution >= 0.6 is 15.9 Å². The molecule has 1 nitrogen and oxygen atoms in total. The molecule has 0 aromatic heterocycles. The fourth-order valence-electron chi connectivity index (χ4n) is 2.36. The summed E-state index contributed by atoms with van der Waals surface area (Å²) >= 11 is 3.14. The first-order chi connectivity index (χ1) is 9.43. The van der Waals surface area contributed by atoms with Gasteiger partial charge in [0.2, 0.25) is 0 Å². The molecular formula is C16H16BrF2N. The summed E-state index contributed by atoms with van der Waals surface area (Å²) < 4.78 is 27.8. The molecule has 0 saturated carbocycles. The zero-order valence-corrected chi connectivity index (χ0v) is 13.2. The Morgan fingerprint density at radius 1 is 1.00 bits per heavy atom. The van der Waals surface area contributed by atoms with Crippen molar-refractivity contribution in [2.24, 2.45) is 0 Å². The predicted molar refractivity (Wildman–Crippen MR) is 80.9 cm³/mol. The van der Waals surface area contributed by atoms with Gasteiger partial charge in [-0.3, -0.25) is 0 Å². The zero-order valence-electron chi connectivity index (χ0n) is 11.6. The molecule has 2 rings (SSSR count). The molecule has 0 aliphatic rings. The lowest BCUT2D eigenvalue weighted by atomic mass is 9.95. The van der Waals surface area contributed by atoms with Gasteiger partial charge in [0, 0.05) is 0 Å². The van der Waals surface area contributed by atoms with Gasteiger partial charge in [-0.25, -0.2) is 8.78 Å². The summed E-state index contributed by atoms with van der Waals surface area (Å²) in [6, 6.07) is 8.43. The van der Waals surface area contributed by atoms with E-state index in [1.165, 1.54) is 6.07 Å². The second-order valence-electron chi connectivity index (χ2n) is 4.86. The molecule has 0 spiro atoms. The Morgan fingerprint density at radius 3 is 2.10 bits per heavy atom. The monoisotopic (exact) mass is 339 g/mol. The predicted octanol–water partition coefficient (Wildman–Crippen LogP) is 4.65. The van der Waals surface area contributed by atoms with E-state index in [-0.39, 0.29) is 17.7 Å². The number of hydrogen-bond donors (Lipinski definition) is 1. The van der Waals surface area contributed by atoms with Crippen LogP contribution in [0.25, 0.3) is 0 Å². The van der Waals surface area contributed by atoms with E-state index < -0.39 is 0 Å². The number of benzene rings is 2. The first kappa shape index (κ1) is 15.1. The largest absolute Gasteiger partial charge is 0.309 e. The average molecular weight is 340 g/mol. The minimum atomic E-state index is -0.307. The smallest absolute Gasteiger partial charge is 0.137 e. The Labute approximate surface area is 126 Å². The van der Waals surface area contributed by atoms with Crippen LogP contribution in [0.4, 0.5) is 8.78 Å². The van der Waals surface area contributed by atoms with E-state index in [0.717, 1.165) is 11.1 Å². The van der Waals surface area contributed by atoms with Crippen molar-refractivity contribution >= 4 is 15.9 Å². The third-order valence-corrected chi connectivity index (χ3v) is 4.00. The Kier molecular flexibility index (Phi) is 4.55. The first-order valence-electron chi connectivity index (χ1n) is 6.33. The number of rotatable bonds is 3. The quantitative estimate of drug-likeness (QED) is 0.857. The first-order valence-corrected chi connectivity index (χ1v) is 7.12. The fourth-order valence-corrected chi connectivity index (χ4v) is 2.61. The minimum absolute atomic E-state index is 0.171. The van der Waals surface area contributed by atoms with E-state index in [2.05, 4.69) is 21.2 Å². The molecule has 0 fully saturated rings. The van der Waals surface area contributed by atoms with Crippen LogP contribution in [-0.2, 0) is 0 Å². The molecule has 1 atom stereocenters. The van der Waals surface area contributed by atoms with Crippen molar-refractivity contribution in [3.8, 4) is 0 Å². The molecule has 20 heavy (non-hydrogen) atoms. The van der Waals surface area contributed by atoms with E-state index in [1.807, 2.05) is 6.07 Å². The van der Waals surface area contributed by atoms with Gasteiger partial charge in [0.15, 0.2) is 0 Å². The highest BCUT2D eigenvalue weighted by molar-refractivity contribution is 9.10. The molecular weight excluding hydrogens is 324 g/mol. The highest BCUT2D eigenvalue weighted by Crippen LogP contribution is 2.27. The summed E-state index contributed by atoms with van der Waals surface area (Å²) in [6.45, 7) is 3.47. The molecule has 0 aliphatic carbocycles. The lowest BCUT2D eigenvalue weighted by Crippen LogP contribution is -2.18. The molecule has 0 radical (unpaired) electrons. The zero-order chi connectivity index (χ0) is 14.9. The Morgan fingerprint density at radius 2 is 1.60 bits per heavy atom. The van der Waals surface area contributed by atoms with Crippen LogP contribution in [0, 0.1) is 25.5 Å². The van der Waals surface area contributed by atoms with Gasteiger partial charge in [0.05, 0.1) is 10.5 Å². The topological polar surface area (TPSA) is 12.0 Å². The van der Waals surface area contributed by atoms with Gasteiger partial charge >= 0.3 is 0 Å². The van der Waals surface area contributed by atoms with E-state index in [0.29, 0.717) is 15.6 Å². The van der Waals surface area contributed by atoms with E-state index >= 15 is 0 Å². The van der Waals surface area contributed by atoms with Crippen molar-refractivity contribution in [1.82, 2.24) is 5.32 Å². The molecule has 1 N–H and O–H groups in total. The van der Waals surface area contributed by atoms with Crippen molar-refractivity contribution < 1.29 is 8.78 Å². The maximum Gasteiger partial charge on any atom is 0.137 e. The second kappa shape index (κ2) is 6.02. The summed E-state index contributed by atoms with van der Waals surface area (Å²) in [5.41, 5.74) is 2.92. The van der Waals surface area contributed by atoms with Crippen LogP contribution in [0.2, 0.25) is 0 Å². The molecule has 0 amide bonds. The molecule has 106 valence electrons. The van der Waals surface area contributed by atoms with Gasteiger partial charge in [0.1, 0.15) is 11.6 Å². The highest BCUT2D eigenvalue weighted by Gasteiger charge is 2.16. The second-order valence-corrected chi connectivity index (χ2v) is 5.72. The van der Waals surface area contributed by atoms with E-state index in [9.17, 15) is 8.78 Å². The van der Waals surface area contributed by atoms with Gasteiger partial charge < -0.3 is 5.32 Å².